The molecule has 9 nitrogen and oxygen atoms in total. The maximum absolute atomic E-state index is 11.9. The largest absolute Gasteiger partial charge is 0.465 e. The molecule has 0 aromatic heterocycles. The van der Waals surface area contributed by atoms with Crippen LogP contribution in [0, 0.1) is 5.92 Å². The summed E-state index contributed by atoms with van der Waals surface area (Å²) >= 11 is 0. The van der Waals surface area contributed by atoms with Crippen LogP contribution in [0.2, 0.25) is 0 Å². The fourth-order valence-corrected chi connectivity index (χ4v) is 6.73. The van der Waals surface area contributed by atoms with Gasteiger partial charge in [0.2, 0.25) is 5.96 Å². The minimum Gasteiger partial charge on any atom is -0.465 e. The maximum Gasteiger partial charge on any atom is 0.308 e. The SMILES string of the molecule is CC=O.CCC.CCCCC.CCCCC.CCCCCC.CCCCCCCCCOCC.CCCCCN(CCCCCCCCOC(=O)C(CC)CC)CCCNC(=NC)NS(C)=O. The second kappa shape index (κ2) is 81.5. The van der Waals surface area contributed by atoms with Crippen LogP contribution in [0.4, 0.5) is 0 Å². The molecular weight excluding hydrogens is 853 g/mol. The average Bonchev–Trinajstić information content (AvgIpc) is 3.31. The van der Waals surface area contributed by atoms with Crippen LogP contribution in [0.3, 0.4) is 0 Å². The first-order valence-electron chi connectivity index (χ1n) is 28.6. The molecule has 0 spiro atoms. The first-order valence-corrected chi connectivity index (χ1v) is 30.2. The molecule has 0 radical (unpaired) electrons. The minimum atomic E-state index is -1.11. The van der Waals surface area contributed by atoms with Crippen LogP contribution in [-0.4, -0.2) is 86.6 Å². The predicted molar refractivity (Wildman–Crippen MR) is 304 cm³/mol. The number of guanidine groups is 1. The number of ether oxygens (including phenoxy) is 2. The Morgan fingerprint density at radius 3 is 1.27 bits per heavy atom. The number of hydrogen-bond acceptors (Lipinski definition) is 7. The number of carbonyl (C=O) groups is 2. The molecule has 410 valence electrons. The number of nitrogens with one attached hydrogen (secondary N) is 2. The Hall–Kier alpha value is -1.52. The Kier molecular flexibility index (Phi) is 96.8. The van der Waals surface area contributed by atoms with E-state index in [1.807, 2.05) is 13.8 Å². The van der Waals surface area contributed by atoms with E-state index in [4.69, 9.17) is 14.3 Å². The van der Waals surface area contributed by atoms with Crippen molar-refractivity contribution in [3.8, 4) is 0 Å². The molecule has 0 heterocycles. The van der Waals surface area contributed by atoms with Crippen molar-refractivity contribution in [2.45, 2.75) is 290 Å². The van der Waals surface area contributed by atoms with Gasteiger partial charge in [0.25, 0.3) is 0 Å². The van der Waals surface area contributed by atoms with Crippen molar-refractivity contribution in [2.75, 3.05) is 59.3 Å². The second-order valence-corrected chi connectivity index (χ2v) is 18.5. The number of hydrogen-bond donors (Lipinski definition) is 2. The highest BCUT2D eigenvalue weighted by molar-refractivity contribution is 7.82. The molecule has 1 unspecified atom stereocenters. The maximum atomic E-state index is 11.9. The summed E-state index contributed by atoms with van der Waals surface area (Å²) in [6.07, 6.45) is 40.5. The van der Waals surface area contributed by atoms with Crippen LogP contribution in [0.25, 0.3) is 0 Å². The smallest absolute Gasteiger partial charge is 0.308 e. The Balaban J connectivity index is -0.000000170. The third-order valence-corrected chi connectivity index (χ3v) is 10.9. The van der Waals surface area contributed by atoms with Crippen LogP contribution in [0.1, 0.15) is 290 Å². The number of esters is 1. The van der Waals surface area contributed by atoms with Gasteiger partial charge in [0.05, 0.1) is 12.5 Å². The summed E-state index contributed by atoms with van der Waals surface area (Å²) in [6, 6.07) is 0. The zero-order chi connectivity index (χ0) is 52.3. The van der Waals surface area contributed by atoms with Gasteiger partial charge in [-0.15, -0.1) is 0 Å². The Morgan fingerprint density at radius 1 is 0.552 bits per heavy atom. The molecule has 0 saturated heterocycles. The summed E-state index contributed by atoms with van der Waals surface area (Å²) in [5.74, 6) is 0.647. The highest BCUT2D eigenvalue weighted by Gasteiger charge is 2.15. The highest BCUT2D eigenvalue weighted by atomic mass is 32.2. The minimum absolute atomic E-state index is 0.0202. The van der Waals surface area contributed by atoms with Crippen molar-refractivity contribution < 1.29 is 23.3 Å². The van der Waals surface area contributed by atoms with Gasteiger partial charge in [-0.25, -0.2) is 4.21 Å². The van der Waals surface area contributed by atoms with Gasteiger partial charge >= 0.3 is 5.97 Å². The van der Waals surface area contributed by atoms with Gasteiger partial charge in [-0.1, -0.05) is 231 Å². The van der Waals surface area contributed by atoms with Gasteiger partial charge in [-0.3, -0.25) is 14.5 Å². The number of rotatable bonds is 37. The fraction of sp³-hybridized carbons (Fsp3) is 0.947. The number of aliphatic imine (C=N–C) groups is 1. The quantitative estimate of drug-likeness (QED) is 0.0210. The number of carbonyl (C=O) groups excluding carboxylic acids is 2. The number of unbranched alkanes of at least 4 members (excludes halogenated alkanes) is 20. The van der Waals surface area contributed by atoms with E-state index in [9.17, 15) is 9.00 Å². The summed E-state index contributed by atoms with van der Waals surface area (Å²) in [6.45, 7) is 36.3. The van der Waals surface area contributed by atoms with Gasteiger partial charge in [0.1, 0.15) is 17.3 Å². The van der Waals surface area contributed by atoms with Gasteiger partial charge in [-0.2, -0.15) is 0 Å². The molecule has 0 saturated carbocycles. The molecule has 0 aliphatic heterocycles. The molecule has 2 N–H and O–H groups in total. The van der Waals surface area contributed by atoms with Crippen molar-refractivity contribution in [3.63, 3.8) is 0 Å². The fourth-order valence-electron chi connectivity index (χ4n) is 6.30. The van der Waals surface area contributed by atoms with E-state index >= 15 is 0 Å². The van der Waals surface area contributed by atoms with E-state index in [2.05, 4.69) is 96.1 Å². The lowest BCUT2D eigenvalue weighted by Gasteiger charge is -2.22. The topological polar surface area (TPSA) is 109 Å². The lowest BCUT2D eigenvalue weighted by atomic mass is 10.0. The van der Waals surface area contributed by atoms with E-state index in [1.54, 1.807) is 13.3 Å². The molecule has 0 rings (SSSR count). The molecule has 0 fully saturated rings. The zero-order valence-corrected chi connectivity index (χ0v) is 49.5. The Labute approximate surface area is 425 Å². The van der Waals surface area contributed by atoms with Crippen LogP contribution in [-0.2, 0) is 30.0 Å². The van der Waals surface area contributed by atoms with Crippen LogP contribution < -0.4 is 10.0 Å². The summed E-state index contributed by atoms with van der Waals surface area (Å²) in [5.41, 5.74) is 0. The van der Waals surface area contributed by atoms with Crippen LogP contribution in [0.5, 0.6) is 0 Å². The second-order valence-electron chi connectivity index (χ2n) is 17.4. The number of nitrogens with zero attached hydrogens (tertiary/aromatic N) is 2. The van der Waals surface area contributed by atoms with Crippen molar-refractivity contribution in [2.24, 2.45) is 10.9 Å². The van der Waals surface area contributed by atoms with Crippen molar-refractivity contribution in [3.05, 3.63) is 0 Å². The summed E-state index contributed by atoms with van der Waals surface area (Å²) < 4.78 is 24.7. The van der Waals surface area contributed by atoms with Crippen LogP contribution in [0.15, 0.2) is 4.99 Å². The average molecular weight is 980 g/mol. The lowest BCUT2D eigenvalue weighted by Crippen LogP contribution is -2.39. The molecule has 0 aliphatic carbocycles. The van der Waals surface area contributed by atoms with Crippen molar-refractivity contribution in [1.82, 2.24) is 14.9 Å². The normalized spacial score (nSPS) is 10.7. The molecule has 0 aliphatic rings. The predicted octanol–water partition coefficient (Wildman–Crippen LogP) is 17.0. The summed E-state index contributed by atoms with van der Waals surface area (Å²) in [5, 5.41) is 3.23. The van der Waals surface area contributed by atoms with Gasteiger partial charge in [-0.05, 0) is 78.4 Å². The van der Waals surface area contributed by atoms with Gasteiger partial charge in [0, 0.05) is 33.1 Å². The van der Waals surface area contributed by atoms with E-state index in [1.165, 1.54) is 174 Å². The summed E-state index contributed by atoms with van der Waals surface area (Å²) in [4.78, 5) is 27.4. The molecule has 1 atom stereocenters. The van der Waals surface area contributed by atoms with Crippen LogP contribution >= 0.6 is 0 Å². The molecule has 0 bridgehead atoms. The standard InChI is InChI=1S/C25H52N4O3S.C11H24O.C6H14.2C5H12.C3H8.C2H4O/c1-6-9-14-19-29(21-17-18-27-25(26-4)28-33(5)31)20-15-12-10-11-13-16-22-32-24(30)23(7-2)8-3;1-3-5-6-7-8-9-10-11-12-4-2;1-3-5-6-4-2;2*1-3-5-4-2;1-3-2;1-2-3/h23H,6-22H2,1-5H3,(H2,26,27,28);3-11H2,1-2H3;3-6H2,1-2H3;2*3-5H2,1-2H3;3H2,1-2H3;2H,1H3. The van der Waals surface area contributed by atoms with Gasteiger partial charge < -0.3 is 24.5 Å². The molecule has 0 amide bonds. The van der Waals surface area contributed by atoms with E-state index in [0.717, 1.165) is 71.2 Å². The molecule has 0 aromatic rings. The van der Waals surface area contributed by atoms with E-state index in [-0.39, 0.29) is 11.9 Å². The highest BCUT2D eigenvalue weighted by Crippen LogP contribution is 2.12. The molecule has 67 heavy (non-hydrogen) atoms. The van der Waals surface area contributed by atoms with Crippen molar-refractivity contribution >= 4 is 29.2 Å². The molecular formula is C57H126N4O5S. The number of aldehydes is 1. The third-order valence-electron chi connectivity index (χ3n) is 10.4. The lowest BCUT2D eigenvalue weighted by molar-refractivity contribution is -0.148. The monoisotopic (exact) mass is 979 g/mol. The summed E-state index contributed by atoms with van der Waals surface area (Å²) in [7, 11) is 0.589. The van der Waals surface area contributed by atoms with Gasteiger partial charge in [0.15, 0.2) is 0 Å². The molecule has 0 aromatic carbocycles. The molecule has 10 heteroatoms. The zero-order valence-electron chi connectivity index (χ0n) is 48.7. The Bertz CT molecular complexity index is 868. The van der Waals surface area contributed by atoms with E-state index in [0.29, 0.717) is 12.6 Å². The van der Waals surface area contributed by atoms with Crippen molar-refractivity contribution in [1.29, 1.82) is 0 Å². The first kappa shape index (κ1) is 79.6. The third kappa shape index (κ3) is 91.4. The Morgan fingerprint density at radius 2 is 0.896 bits per heavy atom. The first-order chi connectivity index (χ1) is 32.5. The van der Waals surface area contributed by atoms with E-state index < -0.39 is 11.0 Å².